The summed E-state index contributed by atoms with van der Waals surface area (Å²) >= 11 is 3.16. The Morgan fingerprint density at radius 3 is 2.62 bits per heavy atom. The van der Waals surface area contributed by atoms with E-state index in [-0.39, 0.29) is 0 Å². The van der Waals surface area contributed by atoms with Crippen LogP contribution in [0.15, 0.2) is 40.1 Å². The van der Waals surface area contributed by atoms with Crippen molar-refractivity contribution in [3.63, 3.8) is 0 Å². The SMILES string of the molecule is CCNC(=O)NC(=O)C(C)OC(=O)c1ccc(SCc2cscn2)cc1. The van der Waals surface area contributed by atoms with Crippen LogP contribution in [0.1, 0.15) is 29.9 Å². The van der Waals surface area contributed by atoms with Gasteiger partial charge in [0.15, 0.2) is 6.10 Å². The molecule has 1 heterocycles. The second-order valence-electron chi connectivity index (χ2n) is 5.19. The van der Waals surface area contributed by atoms with Crippen LogP contribution in [0.2, 0.25) is 0 Å². The van der Waals surface area contributed by atoms with E-state index < -0.39 is 24.0 Å². The summed E-state index contributed by atoms with van der Waals surface area (Å²) in [6.07, 6.45) is -1.08. The highest BCUT2D eigenvalue weighted by atomic mass is 32.2. The number of hydrogen-bond acceptors (Lipinski definition) is 7. The summed E-state index contributed by atoms with van der Waals surface area (Å²) in [6.45, 7) is 3.52. The minimum absolute atomic E-state index is 0.334. The maximum Gasteiger partial charge on any atom is 0.338 e. The van der Waals surface area contributed by atoms with Crippen molar-refractivity contribution in [3.8, 4) is 0 Å². The number of esters is 1. The first kappa shape index (κ1) is 19.9. The lowest BCUT2D eigenvalue weighted by molar-refractivity contribution is -0.127. The van der Waals surface area contributed by atoms with E-state index in [1.807, 2.05) is 17.5 Å². The average Bonchev–Trinajstić information content (AvgIpc) is 3.14. The second-order valence-corrected chi connectivity index (χ2v) is 6.96. The van der Waals surface area contributed by atoms with E-state index in [4.69, 9.17) is 4.74 Å². The molecular formula is C17H19N3O4S2. The molecule has 0 spiro atoms. The average molecular weight is 393 g/mol. The molecule has 0 bridgehead atoms. The van der Waals surface area contributed by atoms with Crippen molar-refractivity contribution < 1.29 is 19.1 Å². The normalized spacial score (nSPS) is 11.5. The number of nitrogens with one attached hydrogen (secondary N) is 2. The summed E-state index contributed by atoms with van der Waals surface area (Å²) in [7, 11) is 0. The Morgan fingerprint density at radius 1 is 1.27 bits per heavy atom. The van der Waals surface area contributed by atoms with Gasteiger partial charge in [-0.1, -0.05) is 0 Å². The van der Waals surface area contributed by atoms with E-state index in [0.29, 0.717) is 12.1 Å². The number of ether oxygens (including phenoxy) is 1. The van der Waals surface area contributed by atoms with Crippen LogP contribution in [0, 0.1) is 0 Å². The van der Waals surface area contributed by atoms with Gasteiger partial charge in [-0.3, -0.25) is 10.1 Å². The van der Waals surface area contributed by atoms with E-state index in [1.165, 1.54) is 6.92 Å². The first-order chi connectivity index (χ1) is 12.5. The number of carbonyl (C=O) groups excluding carboxylic acids is 3. The van der Waals surface area contributed by atoms with Crippen LogP contribution in [0.25, 0.3) is 0 Å². The lowest BCUT2D eigenvalue weighted by Crippen LogP contribution is -2.44. The highest BCUT2D eigenvalue weighted by Gasteiger charge is 2.20. The zero-order chi connectivity index (χ0) is 18.9. The Labute approximate surface area is 159 Å². The highest BCUT2D eigenvalue weighted by Crippen LogP contribution is 2.23. The van der Waals surface area contributed by atoms with Crippen molar-refractivity contribution in [1.82, 2.24) is 15.6 Å². The van der Waals surface area contributed by atoms with Crippen LogP contribution in [0.3, 0.4) is 0 Å². The van der Waals surface area contributed by atoms with Crippen LogP contribution in [-0.2, 0) is 15.3 Å². The Morgan fingerprint density at radius 2 is 2.00 bits per heavy atom. The van der Waals surface area contributed by atoms with Crippen LogP contribution < -0.4 is 10.6 Å². The molecule has 0 radical (unpaired) electrons. The zero-order valence-electron chi connectivity index (χ0n) is 14.4. The number of thiazole rings is 1. The van der Waals surface area contributed by atoms with Gasteiger partial charge in [-0.25, -0.2) is 14.6 Å². The van der Waals surface area contributed by atoms with Crippen molar-refractivity contribution in [3.05, 3.63) is 46.4 Å². The van der Waals surface area contributed by atoms with Crippen molar-refractivity contribution in [2.45, 2.75) is 30.6 Å². The predicted molar refractivity (Wildman–Crippen MR) is 100 cm³/mol. The minimum Gasteiger partial charge on any atom is -0.449 e. The molecule has 1 aromatic carbocycles. The van der Waals surface area contributed by atoms with Crippen molar-refractivity contribution >= 4 is 41.0 Å². The lowest BCUT2D eigenvalue weighted by atomic mass is 10.2. The van der Waals surface area contributed by atoms with Crippen molar-refractivity contribution in [1.29, 1.82) is 0 Å². The topological polar surface area (TPSA) is 97.4 Å². The van der Waals surface area contributed by atoms with Gasteiger partial charge < -0.3 is 10.1 Å². The van der Waals surface area contributed by atoms with E-state index >= 15 is 0 Å². The first-order valence-electron chi connectivity index (χ1n) is 7.89. The first-order valence-corrected chi connectivity index (χ1v) is 9.82. The third-order valence-electron chi connectivity index (χ3n) is 3.19. The number of hydrogen-bond donors (Lipinski definition) is 2. The van der Waals surface area contributed by atoms with Gasteiger partial charge in [0, 0.05) is 22.6 Å². The Bertz CT molecular complexity index is 748. The van der Waals surface area contributed by atoms with Gasteiger partial charge in [-0.05, 0) is 38.1 Å². The Hall–Kier alpha value is -2.39. The smallest absolute Gasteiger partial charge is 0.338 e. The van der Waals surface area contributed by atoms with Gasteiger partial charge in [-0.2, -0.15) is 0 Å². The standard InChI is InChI=1S/C17H19N3O4S2/c1-3-18-17(23)20-15(21)11(2)24-16(22)12-4-6-14(7-5-12)26-9-13-8-25-10-19-13/h4-8,10-11H,3,9H2,1-2H3,(H2,18,20,21,23). The summed E-state index contributed by atoms with van der Waals surface area (Å²) in [5, 5.41) is 6.52. The maximum absolute atomic E-state index is 12.1. The van der Waals surface area contributed by atoms with Gasteiger partial charge in [0.25, 0.3) is 5.91 Å². The second kappa shape index (κ2) is 9.93. The van der Waals surface area contributed by atoms with Crippen LogP contribution >= 0.6 is 23.1 Å². The predicted octanol–water partition coefficient (Wildman–Crippen LogP) is 2.83. The fourth-order valence-electron chi connectivity index (χ4n) is 1.85. The molecule has 0 aliphatic heterocycles. The lowest BCUT2D eigenvalue weighted by Gasteiger charge is -2.13. The number of carbonyl (C=O) groups is 3. The van der Waals surface area contributed by atoms with Gasteiger partial charge in [-0.15, -0.1) is 23.1 Å². The summed E-state index contributed by atoms with van der Waals surface area (Å²) < 4.78 is 5.09. The molecule has 3 amide bonds. The largest absolute Gasteiger partial charge is 0.449 e. The molecule has 1 atom stereocenters. The number of thioether (sulfide) groups is 1. The quantitative estimate of drug-likeness (QED) is 0.555. The molecule has 2 N–H and O–H groups in total. The molecule has 138 valence electrons. The zero-order valence-corrected chi connectivity index (χ0v) is 16.0. The minimum atomic E-state index is -1.08. The van der Waals surface area contributed by atoms with Crippen molar-refractivity contribution in [2.75, 3.05) is 6.54 Å². The third-order valence-corrected chi connectivity index (χ3v) is 4.87. The van der Waals surface area contributed by atoms with E-state index in [2.05, 4.69) is 15.6 Å². The van der Waals surface area contributed by atoms with Gasteiger partial charge in [0.05, 0.1) is 16.8 Å². The third kappa shape index (κ3) is 6.16. The number of aromatic nitrogens is 1. The summed E-state index contributed by atoms with van der Waals surface area (Å²) in [5.74, 6) is -0.552. The number of rotatable bonds is 7. The molecule has 2 rings (SSSR count). The summed E-state index contributed by atoms with van der Waals surface area (Å²) in [4.78, 5) is 40.4. The molecule has 26 heavy (non-hydrogen) atoms. The summed E-state index contributed by atoms with van der Waals surface area (Å²) in [6, 6.07) is 6.28. The summed E-state index contributed by atoms with van der Waals surface area (Å²) in [5.41, 5.74) is 3.13. The van der Waals surface area contributed by atoms with E-state index in [0.717, 1.165) is 16.3 Å². The highest BCUT2D eigenvalue weighted by molar-refractivity contribution is 7.98. The molecule has 0 aliphatic rings. The molecule has 1 aromatic heterocycles. The monoisotopic (exact) mass is 393 g/mol. The number of urea groups is 1. The Balaban J connectivity index is 1.84. The molecule has 1 unspecified atom stereocenters. The molecule has 0 saturated carbocycles. The molecule has 7 nitrogen and oxygen atoms in total. The molecule has 0 saturated heterocycles. The van der Waals surface area contributed by atoms with Crippen LogP contribution in [0.5, 0.6) is 0 Å². The molecule has 9 heteroatoms. The molecular weight excluding hydrogens is 374 g/mol. The van der Waals surface area contributed by atoms with Crippen LogP contribution in [0.4, 0.5) is 4.79 Å². The van der Waals surface area contributed by atoms with Crippen molar-refractivity contribution in [2.24, 2.45) is 0 Å². The number of imide groups is 1. The number of amides is 3. The fourth-order valence-corrected chi connectivity index (χ4v) is 3.32. The molecule has 2 aromatic rings. The number of nitrogens with zero attached hydrogens (tertiary/aromatic N) is 1. The fraction of sp³-hybridized carbons (Fsp3) is 0.294. The number of benzene rings is 1. The van der Waals surface area contributed by atoms with E-state index in [9.17, 15) is 14.4 Å². The van der Waals surface area contributed by atoms with Gasteiger partial charge in [0.2, 0.25) is 0 Å². The maximum atomic E-state index is 12.1. The van der Waals surface area contributed by atoms with Gasteiger partial charge in [0.1, 0.15) is 0 Å². The molecule has 0 aliphatic carbocycles. The van der Waals surface area contributed by atoms with Gasteiger partial charge >= 0.3 is 12.0 Å². The molecule has 0 fully saturated rings. The van der Waals surface area contributed by atoms with Crippen LogP contribution in [-0.4, -0.2) is 35.5 Å². The van der Waals surface area contributed by atoms with E-state index in [1.54, 1.807) is 47.7 Å². The Kier molecular flexibility index (Phi) is 7.61.